The number of nitrogens with zero attached hydrogens (tertiary/aromatic N) is 2. The molecular weight excluding hydrogens is 242 g/mol. The first-order valence-electron chi connectivity index (χ1n) is 5.80. The largest absolute Gasteiger partial charge is 0.306 e. The van der Waals surface area contributed by atoms with Gasteiger partial charge in [0.05, 0.1) is 17.7 Å². The minimum Gasteiger partial charge on any atom is -0.306 e. The van der Waals surface area contributed by atoms with Gasteiger partial charge >= 0.3 is 0 Å². The lowest BCUT2D eigenvalue weighted by Crippen LogP contribution is -2.05. The molecule has 0 heterocycles. The second kappa shape index (κ2) is 6.30. The maximum absolute atomic E-state index is 10.6. The van der Waals surface area contributed by atoms with E-state index in [1.807, 2.05) is 30.3 Å². The SMILES string of the molecule is O=[N+]([O-])c1cccc(C=NNCc2ccccc2)c1. The second-order valence-corrected chi connectivity index (χ2v) is 3.93. The molecule has 0 unspecified atom stereocenters. The van der Waals surface area contributed by atoms with E-state index in [1.54, 1.807) is 18.3 Å². The molecule has 0 aliphatic carbocycles. The van der Waals surface area contributed by atoms with Gasteiger partial charge in [0.1, 0.15) is 0 Å². The van der Waals surface area contributed by atoms with Crippen molar-refractivity contribution in [1.82, 2.24) is 5.43 Å². The van der Waals surface area contributed by atoms with Gasteiger partial charge in [0.2, 0.25) is 0 Å². The van der Waals surface area contributed by atoms with E-state index < -0.39 is 4.92 Å². The predicted molar refractivity (Wildman–Crippen MR) is 74.0 cm³/mol. The van der Waals surface area contributed by atoms with Crippen molar-refractivity contribution in [2.24, 2.45) is 5.10 Å². The Morgan fingerprint density at radius 2 is 1.95 bits per heavy atom. The Labute approximate surface area is 110 Å². The number of nitrogens with one attached hydrogen (secondary N) is 1. The number of hydrazone groups is 1. The van der Waals surface area contributed by atoms with Crippen LogP contribution in [0.25, 0.3) is 0 Å². The van der Waals surface area contributed by atoms with Gasteiger partial charge in [-0.2, -0.15) is 5.10 Å². The van der Waals surface area contributed by atoms with E-state index in [2.05, 4.69) is 10.5 Å². The van der Waals surface area contributed by atoms with Crippen molar-refractivity contribution in [2.75, 3.05) is 0 Å². The zero-order valence-electron chi connectivity index (χ0n) is 10.2. The normalized spacial score (nSPS) is 10.5. The molecule has 0 amide bonds. The first kappa shape index (κ1) is 12.8. The molecule has 1 N–H and O–H groups in total. The van der Waals surface area contributed by atoms with Crippen molar-refractivity contribution in [2.45, 2.75) is 6.54 Å². The lowest BCUT2D eigenvalue weighted by molar-refractivity contribution is -0.384. The van der Waals surface area contributed by atoms with Gasteiger partial charge in [-0.3, -0.25) is 10.1 Å². The van der Waals surface area contributed by atoms with Crippen molar-refractivity contribution in [3.63, 3.8) is 0 Å². The minimum absolute atomic E-state index is 0.0620. The topological polar surface area (TPSA) is 67.5 Å². The Kier molecular flexibility index (Phi) is 4.23. The molecule has 19 heavy (non-hydrogen) atoms. The average molecular weight is 255 g/mol. The van der Waals surface area contributed by atoms with E-state index >= 15 is 0 Å². The van der Waals surface area contributed by atoms with Gasteiger partial charge in [-0.15, -0.1) is 0 Å². The predicted octanol–water partition coefficient (Wildman–Crippen LogP) is 2.72. The lowest BCUT2D eigenvalue weighted by atomic mass is 10.2. The van der Waals surface area contributed by atoms with Gasteiger partial charge in [-0.25, -0.2) is 0 Å². The van der Waals surface area contributed by atoms with Gasteiger partial charge in [-0.05, 0) is 5.56 Å². The molecule has 2 aromatic carbocycles. The molecule has 0 bridgehead atoms. The summed E-state index contributed by atoms with van der Waals surface area (Å²) in [5.74, 6) is 0. The van der Waals surface area contributed by atoms with E-state index in [9.17, 15) is 10.1 Å². The van der Waals surface area contributed by atoms with Gasteiger partial charge in [-0.1, -0.05) is 42.5 Å². The zero-order valence-corrected chi connectivity index (χ0v) is 10.2. The molecule has 2 aromatic rings. The summed E-state index contributed by atoms with van der Waals surface area (Å²) in [6.45, 7) is 0.617. The number of nitro groups is 1. The number of rotatable bonds is 5. The zero-order chi connectivity index (χ0) is 13.5. The van der Waals surface area contributed by atoms with Gasteiger partial charge in [0.25, 0.3) is 5.69 Å². The van der Waals surface area contributed by atoms with E-state index in [-0.39, 0.29) is 5.69 Å². The summed E-state index contributed by atoms with van der Waals surface area (Å²) in [5.41, 5.74) is 4.77. The first-order valence-corrected chi connectivity index (χ1v) is 5.80. The first-order chi connectivity index (χ1) is 9.25. The fourth-order valence-electron chi connectivity index (χ4n) is 1.57. The van der Waals surface area contributed by atoms with Crippen LogP contribution in [0, 0.1) is 10.1 Å². The third-order valence-electron chi connectivity index (χ3n) is 2.51. The van der Waals surface area contributed by atoms with E-state index in [0.29, 0.717) is 12.1 Å². The summed E-state index contributed by atoms with van der Waals surface area (Å²) in [6, 6.07) is 16.2. The van der Waals surface area contributed by atoms with Crippen LogP contribution in [0.5, 0.6) is 0 Å². The molecule has 2 rings (SSSR count). The summed E-state index contributed by atoms with van der Waals surface area (Å²) in [5, 5.41) is 14.7. The molecule has 5 nitrogen and oxygen atoms in total. The molecule has 0 aliphatic rings. The Morgan fingerprint density at radius 1 is 1.16 bits per heavy atom. The molecule has 0 fully saturated rings. The molecule has 0 aromatic heterocycles. The highest BCUT2D eigenvalue weighted by molar-refractivity contribution is 5.80. The van der Waals surface area contributed by atoms with Crippen LogP contribution in [0.1, 0.15) is 11.1 Å². The van der Waals surface area contributed by atoms with E-state index in [0.717, 1.165) is 5.56 Å². The van der Waals surface area contributed by atoms with Crippen LogP contribution in [0.3, 0.4) is 0 Å². The highest BCUT2D eigenvalue weighted by atomic mass is 16.6. The van der Waals surface area contributed by atoms with Crippen LogP contribution >= 0.6 is 0 Å². The lowest BCUT2D eigenvalue weighted by Gasteiger charge is -1.99. The quantitative estimate of drug-likeness (QED) is 0.507. The van der Waals surface area contributed by atoms with Gasteiger partial charge in [0.15, 0.2) is 0 Å². The Morgan fingerprint density at radius 3 is 2.68 bits per heavy atom. The van der Waals surface area contributed by atoms with E-state index in [1.165, 1.54) is 12.1 Å². The molecule has 96 valence electrons. The molecule has 0 atom stereocenters. The molecule has 0 radical (unpaired) electrons. The van der Waals surface area contributed by atoms with Gasteiger partial charge in [0, 0.05) is 17.7 Å². The number of non-ortho nitro benzene ring substituents is 1. The Balaban J connectivity index is 1.92. The van der Waals surface area contributed by atoms with Crippen LogP contribution in [0.4, 0.5) is 5.69 Å². The standard InChI is InChI=1S/C14H13N3O2/c18-17(19)14-8-4-7-13(9-14)11-16-15-10-12-5-2-1-3-6-12/h1-9,11,15H,10H2. The van der Waals surface area contributed by atoms with Crippen molar-refractivity contribution in [3.8, 4) is 0 Å². The maximum Gasteiger partial charge on any atom is 0.270 e. The van der Waals surface area contributed by atoms with Crippen molar-refractivity contribution in [3.05, 3.63) is 75.8 Å². The Hall–Kier alpha value is -2.69. The number of hydrogen-bond acceptors (Lipinski definition) is 4. The van der Waals surface area contributed by atoms with E-state index in [4.69, 9.17) is 0 Å². The molecule has 0 saturated heterocycles. The third-order valence-corrected chi connectivity index (χ3v) is 2.51. The third kappa shape index (κ3) is 3.92. The van der Waals surface area contributed by atoms with Crippen LogP contribution in [-0.2, 0) is 6.54 Å². The smallest absolute Gasteiger partial charge is 0.270 e. The molecule has 0 aliphatic heterocycles. The van der Waals surface area contributed by atoms with Crippen LogP contribution in [0.15, 0.2) is 59.7 Å². The fraction of sp³-hybridized carbons (Fsp3) is 0.0714. The summed E-state index contributed by atoms with van der Waals surface area (Å²) in [6.07, 6.45) is 1.57. The van der Waals surface area contributed by atoms with Crippen LogP contribution in [0.2, 0.25) is 0 Å². The molecule has 0 spiro atoms. The minimum atomic E-state index is -0.422. The summed E-state index contributed by atoms with van der Waals surface area (Å²) in [7, 11) is 0. The average Bonchev–Trinajstić information content (AvgIpc) is 2.45. The summed E-state index contributed by atoms with van der Waals surface area (Å²) >= 11 is 0. The van der Waals surface area contributed by atoms with Crippen molar-refractivity contribution in [1.29, 1.82) is 0 Å². The van der Waals surface area contributed by atoms with Gasteiger partial charge < -0.3 is 5.43 Å². The number of hydrogen-bond donors (Lipinski definition) is 1. The summed E-state index contributed by atoms with van der Waals surface area (Å²) < 4.78 is 0. The molecular formula is C14H13N3O2. The fourth-order valence-corrected chi connectivity index (χ4v) is 1.57. The van der Waals surface area contributed by atoms with Crippen LogP contribution < -0.4 is 5.43 Å². The molecule has 0 saturated carbocycles. The Bertz CT molecular complexity index is 582. The number of benzene rings is 2. The van der Waals surface area contributed by atoms with Crippen molar-refractivity contribution >= 4 is 11.9 Å². The highest BCUT2D eigenvalue weighted by Crippen LogP contribution is 2.11. The monoisotopic (exact) mass is 255 g/mol. The molecule has 5 heteroatoms. The van der Waals surface area contributed by atoms with Crippen molar-refractivity contribution < 1.29 is 4.92 Å². The highest BCUT2D eigenvalue weighted by Gasteiger charge is 2.03. The number of nitro benzene ring substituents is 1. The second-order valence-electron chi connectivity index (χ2n) is 3.93. The maximum atomic E-state index is 10.6. The van der Waals surface area contributed by atoms with Crippen LogP contribution in [-0.4, -0.2) is 11.1 Å². The summed E-state index contributed by atoms with van der Waals surface area (Å²) in [4.78, 5) is 10.2.